The molecule has 4 rings (SSSR count). The van der Waals surface area contributed by atoms with Crippen LogP contribution in [0.25, 0.3) is 5.65 Å². The Morgan fingerprint density at radius 2 is 2.04 bits per heavy atom. The highest BCUT2D eigenvalue weighted by atomic mass is 35.5. The average molecular weight is 325 g/mol. The topological polar surface area (TPSA) is 73.9 Å². The number of H-pyrrole nitrogens is 1. The summed E-state index contributed by atoms with van der Waals surface area (Å²) in [4.78, 5) is 15.3. The van der Waals surface area contributed by atoms with Gasteiger partial charge in [-0.2, -0.15) is 14.9 Å². The summed E-state index contributed by atoms with van der Waals surface area (Å²) in [5.74, 6) is 0. The maximum atomic E-state index is 12.3. The van der Waals surface area contributed by atoms with Gasteiger partial charge in [0.15, 0.2) is 5.65 Å². The predicted molar refractivity (Wildman–Crippen MR) is 86.7 cm³/mol. The molecule has 2 aromatic heterocycles. The van der Waals surface area contributed by atoms with Crippen molar-refractivity contribution in [3.8, 4) is 6.07 Å². The first-order valence-corrected chi connectivity index (χ1v) is 7.72. The van der Waals surface area contributed by atoms with E-state index < -0.39 is 0 Å². The normalized spacial score (nSPS) is 15.5. The number of rotatable bonds is 2. The van der Waals surface area contributed by atoms with E-state index in [4.69, 9.17) is 11.6 Å². The van der Waals surface area contributed by atoms with Gasteiger partial charge in [0.2, 0.25) is 0 Å². The molecule has 1 aliphatic rings. The quantitative estimate of drug-likeness (QED) is 0.787. The van der Waals surface area contributed by atoms with Crippen molar-refractivity contribution in [1.82, 2.24) is 14.6 Å². The van der Waals surface area contributed by atoms with Gasteiger partial charge in [-0.1, -0.05) is 23.7 Å². The maximum Gasteiger partial charge on any atom is 0.277 e. The molecule has 1 saturated carbocycles. The molecular weight excluding hydrogens is 312 g/mol. The van der Waals surface area contributed by atoms with Gasteiger partial charge in [-0.15, -0.1) is 0 Å². The van der Waals surface area contributed by atoms with E-state index in [1.54, 1.807) is 13.1 Å². The molecule has 0 amide bonds. The summed E-state index contributed by atoms with van der Waals surface area (Å²) in [6.07, 6.45) is 3.42. The summed E-state index contributed by atoms with van der Waals surface area (Å²) in [7, 11) is 0. The number of benzene rings is 1. The van der Waals surface area contributed by atoms with Crippen LogP contribution in [0.4, 0.5) is 0 Å². The highest BCUT2D eigenvalue weighted by molar-refractivity contribution is 6.30. The molecule has 3 aromatic rings. The van der Waals surface area contributed by atoms with E-state index in [1.807, 2.05) is 24.3 Å². The SMILES string of the molecule is Cc1c[nH]c2c(C#N)c(C3(c4ccc(Cl)cc4)CC3)nn2c1=O. The third kappa shape index (κ3) is 1.92. The van der Waals surface area contributed by atoms with Crippen molar-refractivity contribution in [2.45, 2.75) is 25.2 Å². The molecule has 0 unspecified atom stereocenters. The van der Waals surface area contributed by atoms with Crippen molar-refractivity contribution in [3.05, 3.63) is 68.2 Å². The molecule has 0 spiro atoms. The lowest BCUT2D eigenvalue weighted by Crippen LogP contribution is -2.18. The number of aromatic amines is 1. The molecule has 0 radical (unpaired) electrons. The molecule has 1 aliphatic carbocycles. The van der Waals surface area contributed by atoms with E-state index in [0.29, 0.717) is 27.5 Å². The van der Waals surface area contributed by atoms with Crippen LogP contribution in [0.1, 0.15) is 35.2 Å². The summed E-state index contributed by atoms with van der Waals surface area (Å²) in [6, 6.07) is 9.83. The van der Waals surface area contributed by atoms with E-state index in [-0.39, 0.29) is 11.0 Å². The minimum atomic E-state index is -0.296. The minimum absolute atomic E-state index is 0.201. The second kappa shape index (κ2) is 4.71. The van der Waals surface area contributed by atoms with Crippen molar-refractivity contribution in [1.29, 1.82) is 5.26 Å². The Labute approximate surface area is 137 Å². The van der Waals surface area contributed by atoms with Gasteiger partial charge in [0.25, 0.3) is 5.56 Å². The Hall–Kier alpha value is -2.58. The smallest absolute Gasteiger partial charge is 0.277 e. The van der Waals surface area contributed by atoms with Crippen molar-refractivity contribution < 1.29 is 0 Å². The molecule has 114 valence electrons. The molecule has 2 heterocycles. The molecule has 0 bridgehead atoms. The number of fused-ring (bicyclic) bond motifs is 1. The molecule has 23 heavy (non-hydrogen) atoms. The third-order valence-electron chi connectivity index (χ3n) is 4.55. The predicted octanol–water partition coefficient (Wildman–Crippen LogP) is 2.94. The second-order valence-electron chi connectivity index (χ2n) is 5.96. The van der Waals surface area contributed by atoms with Crippen LogP contribution >= 0.6 is 11.6 Å². The zero-order chi connectivity index (χ0) is 16.2. The Morgan fingerprint density at radius 3 is 2.65 bits per heavy atom. The molecule has 0 saturated heterocycles. The van der Waals surface area contributed by atoms with Crippen LogP contribution in [-0.4, -0.2) is 14.6 Å². The number of nitriles is 1. The number of aromatic nitrogens is 3. The van der Waals surface area contributed by atoms with Gasteiger partial charge in [-0.05, 0) is 37.5 Å². The fourth-order valence-electron chi connectivity index (χ4n) is 3.10. The van der Waals surface area contributed by atoms with Gasteiger partial charge < -0.3 is 4.98 Å². The van der Waals surface area contributed by atoms with Gasteiger partial charge in [-0.3, -0.25) is 4.79 Å². The van der Waals surface area contributed by atoms with E-state index >= 15 is 0 Å². The Balaban J connectivity index is 1.99. The van der Waals surface area contributed by atoms with Crippen molar-refractivity contribution in [2.75, 3.05) is 0 Å². The van der Waals surface area contributed by atoms with Crippen LogP contribution in [0, 0.1) is 18.3 Å². The van der Waals surface area contributed by atoms with E-state index in [0.717, 1.165) is 18.4 Å². The van der Waals surface area contributed by atoms with Crippen LogP contribution in [0.2, 0.25) is 5.02 Å². The Morgan fingerprint density at radius 1 is 1.35 bits per heavy atom. The fraction of sp³-hybridized carbons (Fsp3) is 0.235. The molecule has 6 heteroatoms. The van der Waals surface area contributed by atoms with Crippen LogP contribution in [0.15, 0.2) is 35.3 Å². The number of nitrogens with one attached hydrogen (secondary N) is 1. The summed E-state index contributed by atoms with van der Waals surface area (Å²) < 4.78 is 1.30. The standard InChI is InChI=1S/C17H13ClN4O/c1-10-9-20-15-13(8-19)14(21-22(15)16(10)23)17(6-7-17)11-2-4-12(18)5-3-11/h2-5,9,20H,6-7H2,1H3. The summed E-state index contributed by atoms with van der Waals surface area (Å²) in [5.41, 5.74) is 2.71. The fourth-order valence-corrected chi connectivity index (χ4v) is 3.23. The maximum absolute atomic E-state index is 12.3. The molecule has 0 aliphatic heterocycles. The van der Waals surface area contributed by atoms with Gasteiger partial charge in [0.1, 0.15) is 11.6 Å². The van der Waals surface area contributed by atoms with E-state index in [2.05, 4.69) is 16.2 Å². The Bertz CT molecular complexity index is 1020. The second-order valence-corrected chi connectivity index (χ2v) is 6.40. The highest BCUT2D eigenvalue weighted by Gasteiger charge is 2.50. The van der Waals surface area contributed by atoms with E-state index in [9.17, 15) is 10.1 Å². The number of hydrogen-bond donors (Lipinski definition) is 1. The van der Waals surface area contributed by atoms with E-state index in [1.165, 1.54) is 4.52 Å². The molecule has 1 N–H and O–H groups in total. The number of hydrogen-bond acceptors (Lipinski definition) is 3. The largest absolute Gasteiger partial charge is 0.345 e. The zero-order valence-electron chi connectivity index (χ0n) is 12.4. The van der Waals surface area contributed by atoms with Gasteiger partial charge in [0, 0.05) is 22.2 Å². The molecular formula is C17H13ClN4O. The first-order chi connectivity index (χ1) is 11.1. The van der Waals surface area contributed by atoms with Gasteiger partial charge >= 0.3 is 0 Å². The third-order valence-corrected chi connectivity index (χ3v) is 4.80. The van der Waals surface area contributed by atoms with Crippen LogP contribution in [0.5, 0.6) is 0 Å². The molecule has 1 aromatic carbocycles. The highest BCUT2D eigenvalue weighted by Crippen LogP contribution is 2.54. The molecule has 1 fully saturated rings. The zero-order valence-corrected chi connectivity index (χ0v) is 13.2. The first-order valence-electron chi connectivity index (χ1n) is 7.34. The number of halogens is 1. The van der Waals surface area contributed by atoms with Gasteiger partial charge in [0.05, 0.1) is 5.69 Å². The lowest BCUT2D eigenvalue weighted by molar-refractivity contribution is 0.757. The van der Waals surface area contributed by atoms with Crippen LogP contribution in [0.3, 0.4) is 0 Å². The lowest BCUT2D eigenvalue weighted by atomic mass is 9.90. The van der Waals surface area contributed by atoms with Crippen LogP contribution in [-0.2, 0) is 5.41 Å². The Kier molecular flexibility index (Phi) is 2.87. The average Bonchev–Trinajstić information content (AvgIpc) is 3.26. The first kappa shape index (κ1) is 14.0. The summed E-state index contributed by atoms with van der Waals surface area (Å²) >= 11 is 5.97. The molecule has 0 atom stereocenters. The van der Waals surface area contributed by atoms with Gasteiger partial charge in [-0.25, -0.2) is 0 Å². The number of nitrogens with zero attached hydrogens (tertiary/aromatic N) is 3. The van der Waals surface area contributed by atoms with Crippen molar-refractivity contribution in [2.24, 2.45) is 0 Å². The summed E-state index contributed by atoms with van der Waals surface area (Å²) in [6.45, 7) is 1.72. The monoisotopic (exact) mass is 324 g/mol. The lowest BCUT2D eigenvalue weighted by Gasteiger charge is -2.13. The number of aryl methyl sites for hydroxylation is 1. The molecule has 5 nitrogen and oxygen atoms in total. The van der Waals surface area contributed by atoms with Crippen molar-refractivity contribution in [3.63, 3.8) is 0 Å². The van der Waals surface area contributed by atoms with Crippen molar-refractivity contribution >= 4 is 17.2 Å². The van der Waals surface area contributed by atoms with Crippen LogP contribution < -0.4 is 5.56 Å². The minimum Gasteiger partial charge on any atom is -0.345 e. The summed E-state index contributed by atoms with van der Waals surface area (Å²) in [5, 5.41) is 14.8.